The van der Waals surface area contributed by atoms with Crippen LogP contribution in [0, 0.1) is 6.92 Å². The van der Waals surface area contributed by atoms with Crippen LogP contribution in [0.4, 0.5) is 0 Å². The molecule has 4 nitrogen and oxygen atoms in total. The molecule has 0 unspecified atom stereocenters. The number of methoxy groups -OCH3 is 1. The molecule has 0 spiro atoms. The molecular formula is C20H19NO3. The fourth-order valence-electron chi connectivity index (χ4n) is 2.86. The maximum absolute atomic E-state index is 11.7. The number of aryl methyl sites for hydroxylation is 2. The van der Waals surface area contributed by atoms with Crippen molar-refractivity contribution in [1.82, 2.24) is 4.98 Å². The van der Waals surface area contributed by atoms with E-state index in [1.165, 1.54) is 0 Å². The summed E-state index contributed by atoms with van der Waals surface area (Å²) in [6.45, 7) is 4.01. The molecule has 0 bridgehead atoms. The zero-order valence-corrected chi connectivity index (χ0v) is 14.0. The van der Waals surface area contributed by atoms with Crippen molar-refractivity contribution in [2.24, 2.45) is 0 Å². The molecule has 0 amide bonds. The molecule has 0 aliphatic carbocycles. The van der Waals surface area contributed by atoms with Crippen LogP contribution in [0.15, 0.2) is 42.5 Å². The van der Waals surface area contributed by atoms with Crippen LogP contribution < -0.4 is 4.74 Å². The molecule has 1 heterocycles. The molecule has 2 aromatic carbocycles. The zero-order valence-electron chi connectivity index (χ0n) is 14.0. The summed E-state index contributed by atoms with van der Waals surface area (Å²) in [6, 6.07) is 13.1. The van der Waals surface area contributed by atoms with Crippen molar-refractivity contribution in [2.75, 3.05) is 7.11 Å². The van der Waals surface area contributed by atoms with E-state index in [0.717, 1.165) is 28.9 Å². The maximum atomic E-state index is 11.7. The van der Waals surface area contributed by atoms with E-state index in [1.54, 1.807) is 13.2 Å². The number of hydrogen-bond donors (Lipinski definition) is 1. The van der Waals surface area contributed by atoms with E-state index in [1.807, 2.05) is 50.2 Å². The summed E-state index contributed by atoms with van der Waals surface area (Å²) in [7, 11) is 1.62. The molecule has 0 saturated carbocycles. The van der Waals surface area contributed by atoms with Crippen molar-refractivity contribution in [1.29, 1.82) is 0 Å². The van der Waals surface area contributed by atoms with Crippen molar-refractivity contribution in [3.8, 4) is 17.0 Å². The number of carboxylic acid groups (broad SMARTS) is 1. The number of rotatable bonds is 4. The van der Waals surface area contributed by atoms with Gasteiger partial charge < -0.3 is 9.84 Å². The van der Waals surface area contributed by atoms with Gasteiger partial charge in [-0.1, -0.05) is 13.0 Å². The fourth-order valence-corrected chi connectivity index (χ4v) is 2.86. The van der Waals surface area contributed by atoms with Gasteiger partial charge in [0.25, 0.3) is 0 Å². The number of hydrogen-bond acceptors (Lipinski definition) is 3. The van der Waals surface area contributed by atoms with Gasteiger partial charge in [0.1, 0.15) is 5.75 Å². The number of carbonyl (C=O) groups is 1. The number of fused-ring (bicyclic) bond motifs is 1. The third-order valence-electron chi connectivity index (χ3n) is 4.22. The Kier molecular flexibility index (Phi) is 4.21. The second-order valence-corrected chi connectivity index (χ2v) is 5.75. The lowest BCUT2D eigenvalue weighted by Gasteiger charge is -2.11. The Morgan fingerprint density at radius 2 is 1.96 bits per heavy atom. The molecule has 4 heteroatoms. The Morgan fingerprint density at radius 3 is 2.58 bits per heavy atom. The van der Waals surface area contributed by atoms with Crippen molar-refractivity contribution in [2.45, 2.75) is 20.3 Å². The number of carboxylic acids is 1. The number of nitrogens with zero attached hydrogens (tertiary/aromatic N) is 1. The number of pyridine rings is 1. The standard InChI is InChI=1S/C20H19NO3/c1-4-13-5-8-18-16(10-13)17(20(22)23)11-19(21-18)15-7-6-14(24-3)9-12(15)2/h5-11H,4H2,1-3H3,(H,22,23). The fraction of sp³-hybridized carbons (Fsp3) is 0.200. The van der Waals surface area contributed by atoms with Gasteiger partial charge in [-0.15, -0.1) is 0 Å². The van der Waals surface area contributed by atoms with Gasteiger partial charge in [0, 0.05) is 10.9 Å². The smallest absolute Gasteiger partial charge is 0.336 e. The van der Waals surface area contributed by atoms with Gasteiger partial charge in [-0.2, -0.15) is 0 Å². The quantitative estimate of drug-likeness (QED) is 0.769. The molecule has 1 N–H and O–H groups in total. The normalized spacial score (nSPS) is 10.8. The maximum Gasteiger partial charge on any atom is 0.336 e. The highest BCUT2D eigenvalue weighted by Gasteiger charge is 2.14. The average molecular weight is 321 g/mol. The molecule has 1 aromatic heterocycles. The Balaban J connectivity index is 2.25. The monoisotopic (exact) mass is 321 g/mol. The predicted molar refractivity (Wildman–Crippen MR) is 94.8 cm³/mol. The first-order valence-electron chi connectivity index (χ1n) is 7.85. The highest BCUT2D eigenvalue weighted by molar-refractivity contribution is 6.04. The molecule has 122 valence electrons. The number of ether oxygens (including phenoxy) is 1. The molecule has 0 aliphatic rings. The average Bonchev–Trinajstić information content (AvgIpc) is 2.59. The molecule has 0 atom stereocenters. The van der Waals surface area contributed by atoms with Gasteiger partial charge in [0.15, 0.2) is 0 Å². The van der Waals surface area contributed by atoms with E-state index in [0.29, 0.717) is 16.6 Å². The van der Waals surface area contributed by atoms with Crippen LogP contribution in [0.2, 0.25) is 0 Å². The van der Waals surface area contributed by atoms with Crippen molar-refractivity contribution in [3.63, 3.8) is 0 Å². The Bertz CT molecular complexity index is 932. The second-order valence-electron chi connectivity index (χ2n) is 5.75. The number of aromatic nitrogens is 1. The SMILES string of the molecule is CCc1ccc2nc(-c3ccc(OC)cc3C)cc(C(=O)O)c2c1. The second kappa shape index (κ2) is 6.32. The summed E-state index contributed by atoms with van der Waals surface area (Å²) in [5.74, 6) is -0.175. The molecule has 0 fully saturated rings. The Morgan fingerprint density at radius 1 is 1.17 bits per heavy atom. The van der Waals surface area contributed by atoms with Crippen molar-refractivity contribution >= 4 is 16.9 Å². The Labute approximate surface area is 140 Å². The number of benzene rings is 2. The summed E-state index contributed by atoms with van der Waals surface area (Å²) in [5.41, 5.74) is 4.62. The van der Waals surface area contributed by atoms with E-state index in [9.17, 15) is 9.90 Å². The molecule has 3 aromatic rings. The van der Waals surface area contributed by atoms with Crippen LogP contribution in [0.5, 0.6) is 5.75 Å². The number of aromatic carboxylic acids is 1. The lowest BCUT2D eigenvalue weighted by Crippen LogP contribution is -2.01. The lowest BCUT2D eigenvalue weighted by molar-refractivity contribution is 0.0699. The van der Waals surface area contributed by atoms with Gasteiger partial charge in [-0.25, -0.2) is 9.78 Å². The minimum atomic E-state index is -0.942. The summed E-state index contributed by atoms with van der Waals surface area (Å²) in [4.78, 5) is 16.4. The molecule has 24 heavy (non-hydrogen) atoms. The molecule has 0 radical (unpaired) electrons. The molecule has 3 rings (SSSR count). The molecular weight excluding hydrogens is 302 g/mol. The molecule has 0 saturated heterocycles. The first kappa shape index (κ1) is 16.0. The lowest BCUT2D eigenvalue weighted by atomic mass is 9.99. The zero-order chi connectivity index (χ0) is 17.3. The van der Waals surface area contributed by atoms with Gasteiger partial charge in [0.2, 0.25) is 0 Å². The van der Waals surface area contributed by atoms with Crippen LogP contribution in [-0.2, 0) is 6.42 Å². The van der Waals surface area contributed by atoms with E-state index in [2.05, 4.69) is 4.98 Å². The van der Waals surface area contributed by atoms with Gasteiger partial charge in [-0.05, 0) is 60.9 Å². The van der Waals surface area contributed by atoms with E-state index >= 15 is 0 Å². The topological polar surface area (TPSA) is 59.4 Å². The minimum Gasteiger partial charge on any atom is -0.497 e. The summed E-state index contributed by atoms with van der Waals surface area (Å²) in [5, 5.41) is 10.3. The summed E-state index contributed by atoms with van der Waals surface area (Å²) >= 11 is 0. The van der Waals surface area contributed by atoms with E-state index in [-0.39, 0.29) is 5.56 Å². The van der Waals surface area contributed by atoms with Crippen LogP contribution in [0.3, 0.4) is 0 Å². The van der Waals surface area contributed by atoms with Crippen LogP contribution in [-0.4, -0.2) is 23.2 Å². The largest absolute Gasteiger partial charge is 0.497 e. The van der Waals surface area contributed by atoms with Gasteiger partial charge in [-0.3, -0.25) is 0 Å². The first-order chi connectivity index (χ1) is 11.5. The van der Waals surface area contributed by atoms with Crippen molar-refractivity contribution < 1.29 is 14.6 Å². The van der Waals surface area contributed by atoms with Gasteiger partial charge >= 0.3 is 5.97 Å². The first-order valence-corrected chi connectivity index (χ1v) is 7.85. The third kappa shape index (κ3) is 2.83. The van der Waals surface area contributed by atoms with Crippen molar-refractivity contribution in [3.05, 3.63) is 59.2 Å². The van der Waals surface area contributed by atoms with E-state index < -0.39 is 5.97 Å². The van der Waals surface area contributed by atoms with E-state index in [4.69, 9.17) is 4.74 Å². The summed E-state index contributed by atoms with van der Waals surface area (Å²) < 4.78 is 5.23. The Hall–Kier alpha value is -2.88. The highest BCUT2D eigenvalue weighted by Crippen LogP contribution is 2.29. The van der Waals surface area contributed by atoms with Gasteiger partial charge in [0.05, 0.1) is 23.9 Å². The van der Waals surface area contributed by atoms with Crippen LogP contribution in [0.25, 0.3) is 22.2 Å². The third-order valence-corrected chi connectivity index (χ3v) is 4.22. The summed E-state index contributed by atoms with van der Waals surface area (Å²) in [6.07, 6.45) is 0.855. The predicted octanol–water partition coefficient (Wildman–Crippen LogP) is 4.48. The van der Waals surface area contributed by atoms with Crippen LogP contribution >= 0.6 is 0 Å². The minimum absolute atomic E-state index is 0.278. The highest BCUT2D eigenvalue weighted by atomic mass is 16.5. The molecule has 0 aliphatic heterocycles. The van der Waals surface area contributed by atoms with Crippen LogP contribution in [0.1, 0.15) is 28.4 Å².